The lowest BCUT2D eigenvalue weighted by atomic mass is 9.77. The third kappa shape index (κ3) is 1.20. The molecule has 0 aromatic carbocycles. The van der Waals surface area contributed by atoms with E-state index in [4.69, 9.17) is 0 Å². The number of carbonyl (C=O) groups is 1. The molecule has 0 saturated heterocycles. The number of rotatable bonds is 2. The van der Waals surface area contributed by atoms with E-state index < -0.39 is 0 Å². The first-order chi connectivity index (χ1) is 7.81. The van der Waals surface area contributed by atoms with Crippen molar-refractivity contribution in [1.82, 2.24) is 0 Å². The topological polar surface area (TPSA) is 17.1 Å². The normalized spacial score (nSPS) is 52.8. The highest BCUT2D eigenvalue weighted by Gasteiger charge is 2.48. The Morgan fingerprint density at radius 1 is 0.938 bits per heavy atom. The molecule has 4 rings (SSSR count). The van der Waals surface area contributed by atoms with Crippen LogP contribution in [0.1, 0.15) is 38.5 Å². The van der Waals surface area contributed by atoms with E-state index >= 15 is 0 Å². The molecule has 0 aromatic heterocycles. The Morgan fingerprint density at radius 3 is 2.44 bits per heavy atom. The van der Waals surface area contributed by atoms with Gasteiger partial charge in [0.05, 0.1) is 0 Å². The highest BCUT2D eigenvalue weighted by Crippen LogP contribution is 2.52. The van der Waals surface area contributed by atoms with Crippen molar-refractivity contribution >= 4 is 5.78 Å². The summed E-state index contributed by atoms with van der Waals surface area (Å²) in [6.07, 6.45) is 12.5. The van der Waals surface area contributed by atoms with Gasteiger partial charge >= 0.3 is 0 Å². The second-order valence-electron chi connectivity index (χ2n) is 6.57. The first-order valence-electron chi connectivity index (χ1n) is 7.03. The van der Waals surface area contributed by atoms with Crippen LogP contribution < -0.4 is 0 Å². The van der Waals surface area contributed by atoms with Crippen molar-refractivity contribution in [3.8, 4) is 0 Å². The predicted molar refractivity (Wildman–Crippen MR) is 62.8 cm³/mol. The highest BCUT2D eigenvalue weighted by molar-refractivity contribution is 5.85. The Balaban J connectivity index is 1.52. The van der Waals surface area contributed by atoms with Crippen molar-refractivity contribution in [2.75, 3.05) is 0 Å². The minimum atomic E-state index is 0.416. The molecule has 86 valence electrons. The summed E-state index contributed by atoms with van der Waals surface area (Å²) in [5, 5.41) is 0. The van der Waals surface area contributed by atoms with Crippen LogP contribution in [0.3, 0.4) is 0 Å². The Labute approximate surface area is 97.3 Å². The van der Waals surface area contributed by atoms with Crippen molar-refractivity contribution in [1.29, 1.82) is 0 Å². The van der Waals surface area contributed by atoms with Crippen LogP contribution in [0, 0.1) is 35.5 Å². The Bertz CT molecular complexity index is 356. The molecule has 0 heterocycles. The van der Waals surface area contributed by atoms with Gasteiger partial charge in [0.25, 0.3) is 0 Å². The molecule has 1 nitrogen and oxygen atoms in total. The molecule has 3 saturated carbocycles. The van der Waals surface area contributed by atoms with Crippen molar-refractivity contribution in [2.45, 2.75) is 38.5 Å². The van der Waals surface area contributed by atoms with Crippen molar-refractivity contribution < 1.29 is 4.79 Å². The third-order valence-corrected chi connectivity index (χ3v) is 5.75. The monoisotopic (exact) mass is 216 g/mol. The van der Waals surface area contributed by atoms with Crippen LogP contribution in [0.4, 0.5) is 0 Å². The second kappa shape index (κ2) is 3.21. The molecule has 1 heteroatoms. The molecule has 4 aliphatic rings. The quantitative estimate of drug-likeness (QED) is 0.648. The van der Waals surface area contributed by atoms with Crippen LogP contribution in [0.15, 0.2) is 12.2 Å². The van der Waals surface area contributed by atoms with Crippen molar-refractivity contribution in [2.24, 2.45) is 35.5 Å². The lowest BCUT2D eigenvalue weighted by Gasteiger charge is -2.26. The minimum absolute atomic E-state index is 0.416. The largest absolute Gasteiger partial charge is 0.299 e. The predicted octanol–water partition coefficient (Wildman–Crippen LogP) is 3.20. The minimum Gasteiger partial charge on any atom is -0.299 e. The zero-order valence-corrected chi connectivity index (χ0v) is 9.77. The van der Waals surface area contributed by atoms with Gasteiger partial charge in [0, 0.05) is 11.8 Å². The first kappa shape index (κ1) is 9.44. The fraction of sp³-hybridized carbons (Fsp3) is 0.800. The maximum Gasteiger partial charge on any atom is 0.139 e. The van der Waals surface area contributed by atoms with Crippen LogP contribution in [0.5, 0.6) is 0 Å². The van der Waals surface area contributed by atoms with Crippen LogP contribution in [-0.4, -0.2) is 5.78 Å². The lowest BCUT2D eigenvalue weighted by Crippen LogP contribution is -2.29. The molecule has 0 amide bonds. The number of carbonyl (C=O) groups excluding carboxylic acids is 1. The van der Waals surface area contributed by atoms with E-state index in [-0.39, 0.29) is 0 Å². The van der Waals surface area contributed by atoms with Gasteiger partial charge in [0.1, 0.15) is 5.78 Å². The van der Waals surface area contributed by atoms with Crippen LogP contribution in [-0.2, 0) is 4.79 Å². The summed E-state index contributed by atoms with van der Waals surface area (Å²) in [5.41, 5.74) is 0. The molecule has 4 aliphatic carbocycles. The molecule has 4 bridgehead atoms. The number of fused-ring (bicyclic) bond motifs is 4. The van der Waals surface area contributed by atoms with E-state index in [2.05, 4.69) is 12.2 Å². The maximum atomic E-state index is 12.6. The van der Waals surface area contributed by atoms with Gasteiger partial charge in [-0.3, -0.25) is 4.79 Å². The zero-order chi connectivity index (χ0) is 10.7. The van der Waals surface area contributed by atoms with E-state index in [0.29, 0.717) is 23.5 Å². The number of hydrogen-bond acceptors (Lipinski definition) is 1. The first-order valence-corrected chi connectivity index (χ1v) is 7.03. The summed E-state index contributed by atoms with van der Waals surface area (Å²) < 4.78 is 0. The van der Waals surface area contributed by atoms with Gasteiger partial charge in [-0.1, -0.05) is 18.6 Å². The standard InChI is InChI=1S/C15H20O/c16-15(13-7-9-1-3-11(13)5-9)14-8-10-2-4-12(14)6-10/h1,3,9-14H,2,4-8H2. The Morgan fingerprint density at radius 2 is 1.88 bits per heavy atom. The summed E-state index contributed by atoms with van der Waals surface area (Å²) in [7, 11) is 0. The SMILES string of the molecule is O=C(C1CC2C=CC1C2)C1CC2CCC1C2. The molecular formula is C15H20O. The molecule has 3 fully saturated rings. The average Bonchev–Trinajstić information content (AvgIpc) is 3.06. The van der Waals surface area contributed by atoms with Gasteiger partial charge in [0.15, 0.2) is 0 Å². The van der Waals surface area contributed by atoms with E-state index in [0.717, 1.165) is 17.8 Å². The van der Waals surface area contributed by atoms with Gasteiger partial charge in [-0.15, -0.1) is 0 Å². The summed E-state index contributed by atoms with van der Waals surface area (Å²) in [6.45, 7) is 0. The molecule has 0 aromatic rings. The smallest absolute Gasteiger partial charge is 0.139 e. The summed E-state index contributed by atoms with van der Waals surface area (Å²) in [4.78, 5) is 12.6. The number of ketones is 1. The van der Waals surface area contributed by atoms with E-state index in [9.17, 15) is 4.79 Å². The van der Waals surface area contributed by atoms with Crippen molar-refractivity contribution in [3.05, 3.63) is 12.2 Å². The Kier molecular flexibility index (Phi) is 1.89. The fourth-order valence-corrected chi connectivity index (χ4v) is 4.98. The van der Waals surface area contributed by atoms with Gasteiger partial charge in [-0.2, -0.15) is 0 Å². The highest BCUT2D eigenvalue weighted by atomic mass is 16.1. The molecule has 0 N–H and O–H groups in total. The van der Waals surface area contributed by atoms with Gasteiger partial charge in [0.2, 0.25) is 0 Å². The van der Waals surface area contributed by atoms with Crippen LogP contribution in [0.25, 0.3) is 0 Å². The summed E-state index contributed by atoms with van der Waals surface area (Å²) >= 11 is 0. The Hall–Kier alpha value is -0.590. The molecular weight excluding hydrogens is 196 g/mol. The summed E-state index contributed by atoms with van der Waals surface area (Å²) in [5.74, 6) is 4.60. The average molecular weight is 216 g/mol. The van der Waals surface area contributed by atoms with E-state index in [1.54, 1.807) is 0 Å². The molecule has 0 radical (unpaired) electrons. The molecule has 6 atom stereocenters. The van der Waals surface area contributed by atoms with Gasteiger partial charge < -0.3 is 0 Å². The van der Waals surface area contributed by atoms with E-state index in [1.807, 2.05) is 0 Å². The van der Waals surface area contributed by atoms with Gasteiger partial charge in [-0.05, 0) is 55.8 Å². The van der Waals surface area contributed by atoms with Crippen LogP contribution >= 0.6 is 0 Å². The number of hydrogen-bond donors (Lipinski definition) is 0. The fourth-order valence-electron chi connectivity index (χ4n) is 4.98. The number of allylic oxidation sites excluding steroid dienone is 2. The third-order valence-electron chi connectivity index (χ3n) is 5.75. The molecule has 0 spiro atoms. The molecule has 6 unspecified atom stereocenters. The zero-order valence-electron chi connectivity index (χ0n) is 9.77. The summed E-state index contributed by atoms with van der Waals surface area (Å²) in [6, 6.07) is 0. The maximum absolute atomic E-state index is 12.6. The van der Waals surface area contributed by atoms with Crippen LogP contribution in [0.2, 0.25) is 0 Å². The second-order valence-corrected chi connectivity index (χ2v) is 6.57. The van der Waals surface area contributed by atoms with Crippen molar-refractivity contribution in [3.63, 3.8) is 0 Å². The van der Waals surface area contributed by atoms with Gasteiger partial charge in [-0.25, -0.2) is 0 Å². The lowest BCUT2D eigenvalue weighted by molar-refractivity contribution is -0.129. The van der Waals surface area contributed by atoms with E-state index in [1.165, 1.54) is 38.5 Å². The molecule has 16 heavy (non-hydrogen) atoms. The molecule has 0 aliphatic heterocycles. The number of Topliss-reactive ketones (excluding diaryl/α,β-unsaturated/α-hetero) is 1.